The highest BCUT2D eigenvalue weighted by Crippen LogP contribution is 2.54. The minimum Gasteiger partial charge on any atom is -0.395 e. The highest BCUT2D eigenvalue weighted by Gasteiger charge is 2.51. The van der Waals surface area contributed by atoms with Gasteiger partial charge in [-0.15, -0.1) is 24.0 Å². The number of phosphoric ester groups is 1. The van der Waals surface area contributed by atoms with Crippen LogP contribution in [0.5, 0.6) is 0 Å². The molecule has 4 aromatic rings. The van der Waals surface area contributed by atoms with E-state index < -0.39 is 80.2 Å². The van der Waals surface area contributed by atoms with Crippen molar-refractivity contribution < 1.29 is 42.4 Å². The van der Waals surface area contributed by atoms with E-state index in [9.17, 15) is 24.5 Å². The third kappa shape index (κ3) is 6.24. The molecule has 0 radical (unpaired) electrons. The summed E-state index contributed by atoms with van der Waals surface area (Å²) in [7, 11) is -5.05. The molecule has 0 bridgehead atoms. The second kappa shape index (κ2) is 12.7. The standard InChI is InChI=1S/C20H25FN10O9P2S3/c21-8-12(39-41(43)44)6(38-18(8)30-4-26-9-14(22)24-3-25-15(9)30)2-37-42(35,36)40-13-11(33)7(1-32)45-19(13)31-5-27-10-16(31)28-20(23)29-17(10)34/h3-8,11-13,18-19,32-33,41H,1-2H2,(H,35,36)(H,43,44)(H2,22,24,25)(H3,23,28,29,34)/t6-,7-,8?,11-,12?,13-,18-,19-/m1/s1. The molecule has 8 N–H and O–H groups in total. The molecule has 2 aliphatic rings. The number of ether oxygens (including phenoxy) is 1. The summed E-state index contributed by atoms with van der Waals surface area (Å²) in [6.07, 6.45) is -7.44. The molecule has 2 saturated heterocycles. The van der Waals surface area contributed by atoms with Crippen LogP contribution in [0.4, 0.5) is 16.2 Å². The fraction of sp³-hybridized carbons (Fsp3) is 0.500. The molecule has 4 unspecified atom stereocenters. The number of H-pyrrole nitrogens is 1. The molecule has 244 valence electrons. The summed E-state index contributed by atoms with van der Waals surface area (Å²) in [5.41, 5.74) is 11.2. The minimum atomic E-state index is -5.05. The van der Waals surface area contributed by atoms with Crippen LogP contribution in [0.1, 0.15) is 11.6 Å². The molecule has 25 heteroatoms. The first-order chi connectivity index (χ1) is 21.4. The van der Waals surface area contributed by atoms with Gasteiger partial charge in [0, 0.05) is 0 Å². The zero-order valence-electron chi connectivity index (χ0n) is 22.4. The minimum absolute atomic E-state index is 0.00791. The van der Waals surface area contributed by atoms with E-state index in [-0.39, 0.29) is 34.1 Å². The van der Waals surface area contributed by atoms with Crippen molar-refractivity contribution >= 4 is 83.9 Å². The number of nitrogens with two attached hydrogens (primary N) is 2. The van der Waals surface area contributed by atoms with E-state index in [1.165, 1.54) is 28.1 Å². The molecule has 0 aromatic carbocycles. The van der Waals surface area contributed by atoms with Gasteiger partial charge in [0.25, 0.3) is 5.56 Å². The maximum atomic E-state index is 15.8. The van der Waals surface area contributed by atoms with Crippen LogP contribution in [0.2, 0.25) is 0 Å². The normalized spacial score (nSPS) is 30.7. The molecule has 4 aromatic heterocycles. The molecule has 2 aliphatic heterocycles. The zero-order valence-corrected chi connectivity index (χ0v) is 26.9. The molecule has 45 heavy (non-hydrogen) atoms. The summed E-state index contributed by atoms with van der Waals surface area (Å²) >= 11 is 10.1. The van der Waals surface area contributed by atoms with E-state index in [4.69, 9.17) is 41.6 Å². The van der Waals surface area contributed by atoms with Crippen LogP contribution in [-0.2, 0) is 34.7 Å². The Bertz CT molecular complexity index is 1870. The van der Waals surface area contributed by atoms with Gasteiger partial charge in [0.15, 0.2) is 35.0 Å². The lowest BCUT2D eigenvalue weighted by molar-refractivity contribution is -0.0492. The van der Waals surface area contributed by atoms with Crippen molar-refractivity contribution in [1.82, 2.24) is 39.0 Å². The molecule has 6 heterocycles. The number of phosphoric acid groups is 1. The second-order valence-electron chi connectivity index (χ2n) is 9.79. The van der Waals surface area contributed by atoms with E-state index in [1.807, 2.05) is 0 Å². The Balaban J connectivity index is 1.22. The zero-order chi connectivity index (χ0) is 32.2. The first-order valence-corrected chi connectivity index (χ1v) is 19.1. The Kier molecular flexibility index (Phi) is 9.24. The topological polar surface area (TPSA) is 274 Å². The van der Waals surface area contributed by atoms with E-state index in [0.717, 1.165) is 11.8 Å². The van der Waals surface area contributed by atoms with E-state index >= 15 is 4.39 Å². The lowest BCUT2D eigenvalue weighted by Gasteiger charge is -2.26. The van der Waals surface area contributed by atoms with E-state index in [2.05, 4.69) is 42.2 Å². The number of aromatic nitrogens is 8. The highest BCUT2D eigenvalue weighted by molar-refractivity contribution is 8.54. The van der Waals surface area contributed by atoms with Gasteiger partial charge in [-0.25, -0.2) is 28.9 Å². The van der Waals surface area contributed by atoms with Crippen molar-refractivity contribution in [1.29, 1.82) is 0 Å². The van der Waals surface area contributed by atoms with Gasteiger partial charge in [0.1, 0.15) is 41.7 Å². The molecule has 0 saturated carbocycles. The highest BCUT2D eigenvalue weighted by atomic mass is 32.9. The van der Waals surface area contributed by atoms with Crippen LogP contribution in [0, 0.1) is 0 Å². The number of rotatable bonds is 10. The number of anilines is 2. The number of nitrogens with one attached hydrogen (secondary N) is 1. The first kappa shape index (κ1) is 32.7. The van der Waals surface area contributed by atoms with Gasteiger partial charge in [-0.05, 0) is 0 Å². The van der Waals surface area contributed by atoms with E-state index in [0.29, 0.717) is 0 Å². The number of alkyl halides is 1. The van der Waals surface area contributed by atoms with Crippen LogP contribution in [0.3, 0.4) is 0 Å². The van der Waals surface area contributed by atoms with Crippen LogP contribution < -0.4 is 17.0 Å². The number of hydrogen-bond acceptors (Lipinski definition) is 17. The molecule has 6 rings (SSSR count). The number of aromatic amines is 1. The fourth-order valence-corrected chi connectivity index (χ4v) is 8.71. The predicted octanol–water partition coefficient (Wildman–Crippen LogP) is -0.350. The Morgan fingerprint density at radius 3 is 2.67 bits per heavy atom. The number of fused-ring (bicyclic) bond motifs is 2. The average molecular weight is 727 g/mol. The molecule has 2 fully saturated rings. The van der Waals surface area contributed by atoms with Gasteiger partial charge in [0.2, 0.25) is 5.95 Å². The molecule has 0 spiro atoms. The maximum Gasteiger partial charge on any atom is 0.472 e. The molecular formula is C20H25FN10O9P2S3. The van der Waals surface area contributed by atoms with Gasteiger partial charge in [-0.3, -0.25) is 28.0 Å². The number of nitrogen functional groups attached to an aromatic ring is 2. The predicted molar refractivity (Wildman–Crippen MR) is 165 cm³/mol. The smallest absolute Gasteiger partial charge is 0.395 e. The second-order valence-corrected chi connectivity index (χ2v) is 16.6. The number of aliphatic hydroxyl groups excluding tert-OH is 2. The fourth-order valence-electron chi connectivity index (χ4n) is 5.05. The van der Waals surface area contributed by atoms with Gasteiger partial charge >= 0.3 is 7.82 Å². The molecular weight excluding hydrogens is 701 g/mol. The van der Waals surface area contributed by atoms with E-state index in [1.54, 1.807) is 0 Å². The number of aliphatic hydroxyl groups is 2. The van der Waals surface area contributed by atoms with Crippen molar-refractivity contribution in [2.75, 3.05) is 24.7 Å². The van der Waals surface area contributed by atoms with Crippen molar-refractivity contribution in [2.45, 2.75) is 47.4 Å². The summed E-state index contributed by atoms with van der Waals surface area (Å²) in [4.78, 5) is 45.4. The molecule has 0 aliphatic carbocycles. The van der Waals surface area contributed by atoms with Crippen molar-refractivity contribution in [3.05, 3.63) is 29.3 Å². The Hall–Kier alpha value is -2.27. The average Bonchev–Trinajstić information content (AvgIpc) is 3.73. The number of thioether (sulfide) groups is 1. The lowest BCUT2D eigenvalue weighted by atomic mass is 10.1. The SMILES string of the molecule is Nc1nc2c(ncn2[C@@H]2S[C@H](CO)[C@@H](O)[C@H]2OP(=O)(O)OC[C@H]2O[C@@H](n3cnc4c(N)ncnc43)C(F)C2O[PH](=S)S)c(=O)[nH]1. The van der Waals surface area contributed by atoms with Crippen molar-refractivity contribution in [3.8, 4) is 0 Å². The van der Waals surface area contributed by atoms with Gasteiger partial charge in [0.05, 0.1) is 37.2 Å². The Labute approximate surface area is 266 Å². The number of nitrogens with zero attached hydrogens (tertiary/aromatic N) is 7. The summed E-state index contributed by atoms with van der Waals surface area (Å²) in [5, 5.41) is 18.8. The number of thiol groups is 1. The third-order valence-corrected chi connectivity index (χ3v) is 10.7. The maximum absolute atomic E-state index is 15.8. The van der Waals surface area contributed by atoms with Crippen LogP contribution in [0.15, 0.2) is 23.8 Å². The number of hydrogen-bond donors (Lipinski definition) is 7. The van der Waals surface area contributed by atoms with Crippen LogP contribution in [-0.4, -0.2) is 103 Å². The summed E-state index contributed by atoms with van der Waals surface area (Å²) in [6.45, 7) is -1.24. The molecule has 19 nitrogen and oxygen atoms in total. The summed E-state index contributed by atoms with van der Waals surface area (Å²) in [5.74, 6) is -0.152. The monoisotopic (exact) mass is 726 g/mol. The van der Waals surface area contributed by atoms with Gasteiger partial charge < -0.3 is 35.8 Å². The molecule has 10 atom stereocenters. The van der Waals surface area contributed by atoms with Crippen molar-refractivity contribution in [2.24, 2.45) is 0 Å². The van der Waals surface area contributed by atoms with Crippen LogP contribution in [0.25, 0.3) is 22.3 Å². The van der Waals surface area contributed by atoms with Crippen LogP contribution >= 0.6 is 38.0 Å². The van der Waals surface area contributed by atoms with Gasteiger partial charge in [-0.1, -0.05) is 11.8 Å². The molecule has 0 amide bonds. The Morgan fingerprint density at radius 2 is 1.93 bits per heavy atom. The third-order valence-electron chi connectivity index (χ3n) is 7.04. The van der Waals surface area contributed by atoms with Gasteiger partial charge in [-0.2, -0.15) is 4.98 Å². The number of halogens is 1. The summed E-state index contributed by atoms with van der Waals surface area (Å²) in [6, 6.07) is 0. The Morgan fingerprint density at radius 1 is 1.20 bits per heavy atom. The largest absolute Gasteiger partial charge is 0.472 e. The first-order valence-electron chi connectivity index (χ1n) is 12.8. The van der Waals surface area contributed by atoms with Crippen molar-refractivity contribution in [3.63, 3.8) is 0 Å². The lowest BCUT2D eigenvalue weighted by Crippen LogP contribution is -2.35. The quantitative estimate of drug-likeness (QED) is 0.0812. The summed E-state index contributed by atoms with van der Waals surface area (Å²) < 4.78 is 53.6. The number of imidazole rings is 2.